The molecule has 0 radical (unpaired) electrons. The molecular formula is C19H22ClN3O3. The first-order chi connectivity index (χ1) is 12.5. The van der Waals surface area contributed by atoms with Crippen molar-refractivity contribution in [1.82, 2.24) is 10.2 Å². The maximum absolute atomic E-state index is 12.8. The number of urea groups is 1. The highest BCUT2D eigenvalue weighted by atomic mass is 35.5. The Kier molecular flexibility index (Phi) is 4.61. The van der Waals surface area contributed by atoms with Crippen molar-refractivity contribution in [2.24, 2.45) is 0 Å². The second-order valence-electron chi connectivity index (χ2n) is 7.27. The summed E-state index contributed by atoms with van der Waals surface area (Å²) in [7, 11) is 0. The van der Waals surface area contributed by atoms with Gasteiger partial charge in [0.05, 0.1) is 6.42 Å². The Labute approximate surface area is 157 Å². The highest BCUT2D eigenvalue weighted by Crippen LogP contribution is 2.31. The lowest BCUT2D eigenvalue weighted by atomic mass is 9.94. The number of benzene rings is 1. The van der Waals surface area contributed by atoms with Crippen LogP contribution < -0.4 is 10.2 Å². The number of hydrogen-bond donors (Lipinski definition) is 1. The number of nitrogens with one attached hydrogen (secondary N) is 1. The number of imide groups is 1. The van der Waals surface area contributed by atoms with Crippen molar-refractivity contribution in [2.45, 2.75) is 57.0 Å². The Balaban J connectivity index is 1.44. The van der Waals surface area contributed by atoms with Gasteiger partial charge in [0.1, 0.15) is 6.04 Å². The molecule has 3 aliphatic rings. The van der Waals surface area contributed by atoms with Crippen LogP contribution in [-0.2, 0) is 16.0 Å². The summed E-state index contributed by atoms with van der Waals surface area (Å²) >= 11 is 6.01. The van der Waals surface area contributed by atoms with E-state index in [1.807, 2.05) is 12.1 Å². The van der Waals surface area contributed by atoms with E-state index in [2.05, 4.69) is 5.32 Å². The molecule has 2 aliphatic heterocycles. The quantitative estimate of drug-likeness (QED) is 0.826. The van der Waals surface area contributed by atoms with Gasteiger partial charge in [0.25, 0.3) is 5.91 Å². The van der Waals surface area contributed by atoms with Crippen LogP contribution in [0.1, 0.15) is 44.1 Å². The lowest BCUT2D eigenvalue weighted by molar-refractivity contribution is -0.131. The van der Waals surface area contributed by atoms with Crippen LogP contribution in [0.2, 0.25) is 5.02 Å². The van der Waals surface area contributed by atoms with Crippen molar-refractivity contribution in [2.75, 3.05) is 11.4 Å². The molecule has 4 amide bonds. The summed E-state index contributed by atoms with van der Waals surface area (Å²) in [5.74, 6) is -0.402. The molecule has 1 aromatic rings. The van der Waals surface area contributed by atoms with Gasteiger partial charge in [-0.1, -0.05) is 30.9 Å². The van der Waals surface area contributed by atoms with Crippen molar-refractivity contribution in [1.29, 1.82) is 0 Å². The highest BCUT2D eigenvalue weighted by molar-refractivity contribution is 6.30. The van der Waals surface area contributed by atoms with Crippen LogP contribution in [-0.4, -0.2) is 41.4 Å². The van der Waals surface area contributed by atoms with Crippen molar-refractivity contribution >= 4 is 35.1 Å². The molecule has 1 unspecified atom stereocenters. The number of halogens is 1. The minimum atomic E-state index is -0.756. The molecule has 1 saturated carbocycles. The van der Waals surface area contributed by atoms with Crippen LogP contribution >= 0.6 is 11.6 Å². The van der Waals surface area contributed by atoms with Gasteiger partial charge in [0.2, 0.25) is 5.91 Å². The number of amides is 4. The summed E-state index contributed by atoms with van der Waals surface area (Å²) in [5.41, 5.74) is 1.89. The average molecular weight is 376 g/mol. The maximum atomic E-state index is 12.8. The van der Waals surface area contributed by atoms with E-state index in [9.17, 15) is 14.4 Å². The van der Waals surface area contributed by atoms with Gasteiger partial charge in [0.15, 0.2) is 0 Å². The first-order valence-electron chi connectivity index (χ1n) is 9.27. The summed E-state index contributed by atoms with van der Waals surface area (Å²) in [5, 5.41) is 3.36. The molecule has 0 spiro atoms. The molecule has 2 heterocycles. The Morgan fingerprint density at radius 1 is 1.19 bits per heavy atom. The summed E-state index contributed by atoms with van der Waals surface area (Å²) < 4.78 is 0. The zero-order valence-corrected chi connectivity index (χ0v) is 15.3. The monoisotopic (exact) mass is 375 g/mol. The lowest BCUT2D eigenvalue weighted by Crippen LogP contribution is -2.42. The minimum Gasteiger partial charge on any atom is -0.325 e. The van der Waals surface area contributed by atoms with Gasteiger partial charge in [-0.3, -0.25) is 14.5 Å². The van der Waals surface area contributed by atoms with Crippen LogP contribution in [0.4, 0.5) is 10.5 Å². The SMILES string of the molecule is O=C(CC1NC(=O)N(C2CCCCC2)C1=O)N1CCc2cc(Cl)ccc21. The lowest BCUT2D eigenvalue weighted by Gasteiger charge is -2.28. The molecule has 26 heavy (non-hydrogen) atoms. The van der Waals surface area contributed by atoms with E-state index in [1.54, 1.807) is 11.0 Å². The smallest absolute Gasteiger partial charge is 0.325 e. The average Bonchev–Trinajstić information content (AvgIpc) is 3.16. The van der Waals surface area contributed by atoms with Crippen LogP contribution in [0.5, 0.6) is 0 Å². The number of nitrogens with zero attached hydrogens (tertiary/aromatic N) is 2. The van der Waals surface area contributed by atoms with Crippen LogP contribution in [0.3, 0.4) is 0 Å². The largest absolute Gasteiger partial charge is 0.325 e. The molecule has 0 aromatic heterocycles. The second-order valence-corrected chi connectivity index (χ2v) is 7.71. The topological polar surface area (TPSA) is 69.7 Å². The van der Waals surface area contributed by atoms with Crippen molar-refractivity contribution < 1.29 is 14.4 Å². The van der Waals surface area contributed by atoms with Crippen molar-refractivity contribution in [3.8, 4) is 0 Å². The van der Waals surface area contributed by atoms with Crippen LogP contribution in [0.15, 0.2) is 18.2 Å². The zero-order chi connectivity index (χ0) is 18.3. The first-order valence-corrected chi connectivity index (χ1v) is 9.65. The molecule has 6 nitrogen and oxygen atoms in total. The van der Waals surface area contributed by atoms with Gasteiger partial charge in [-0.25, -0.2) is 4.79 Å². The van der Waals surface area contributed by atoms with E-state index in [-0.39, 0.29) is 30.3 Å². The fourth-order valence-corrected chi connectivity index (χ4v) is 4.48. The Morgan fingerprint density at radius 2 is 1.96 bits per heavy atom. The predicted octanol–water partition coefficient (Wildman–Crippen LogP) is 2.87. The highest BCUT2D eigenvalue weighted by Gasteiger charge is 2.43. The van der Waals surface area contributed by atoms with Crippen molar-refractivity contribution in [3.63, 3.8) is 0 Å². The molecule has 2 fully saturated rings. The predicted molar refractivity (Wildman–Crippen MR) is 98.2 cm³/mol. The van der Waals surface area contributed by atoms with E-state index in [0.717, 1.165) is 49.8 Å². The normalized spacial score (nSPS) is 23.3. The third-order valence-electron chi connectivity index (χ3n) is 5.61. The van der Waals surface area contributed by atoms with Gasteiger partial charge < -0.3 is 10.2 Å². The summed E-state index contributed by atoms with van der Waals surface area (Å²) in [4.78, 5) is 40.8. The molecule has 0 bridgehead atoms. The van der Waals surface area contributed by atoms with E-state index < -0.39 is 6.04 Å². The minimum absolute atomic E-state index is 0.00411. The third kappa shape index (κ3) is 3.07. The standard InChI is InChI=1S/C19H22ClN3O3/c20-13-6-7-16-12(10-13)8-9-22(16)17(24)11-15-18(25)23(19(26)21-15)14-4-2-1-3-5-14/h6-7,10,14-15H,1-5,8-9,11H2,(H,21,26). The third-order valence-corrected chi connectivity index (χ3v) is 5.84. The number of carbonyl (C=O) groups excluding carboxylic acids is 3. The summed E-state index contributed by atoms with van der Waals surface area (Å²) in [6, 6.07) is 4.34. The molecule has 4 rings (SSSR count). The molecule has 1 aromatic carbocycles. The Bertz CT molecular complexity index is 760. The molecule has 1 aliphatic carbocycles. The molecule has 1 N–H and O–H groups in total. The Morgan fingerprint density at radius 3 is 2.73 bits per heavy atom. The van der Waals surface area contributed by atoms with Crippen molar-refractivity contribution in [3.05, 3.63) is 28.8 Å². The van der Waals surface area contributed by atoms with E-state index >= 15 is 0 Å². The van der Waals surface area contributed by atoms with E-state index in [0.29, 0.717) is 11.6 Å². The molecule has 138 valence electrons. The van der Waals surface area contributed by atoms with Crippen LogP contribution in [0, 0.1) is 0 Å². The number of fused-ring (bicyclic) bond motifs is 1. The second kappa shape index (κ2) is 6.91. The first kappa shape index (κ1) is 17.3. The van der Waals surface area contributed by atoms with Gasteiger partial charge >= 0.3 is 6.03 Å². The van der Waals surface area contributed by atoms with Crippen LogP contribution in [0.25, 0.3) is 0 Å². The van der Waals surface area contributed by atoms with Gasteiger partial charge in [-0.15, -0.1) is 0 Å². The van der Waals surface area contributed by atoms with E-state index in [1.165, 1.54) is 4.90 Å². The maximum Gasteiger partial charge on any atom is 0.325 e. The number of carbonyl (C=O) groups is 3. The number of anilines is 1. The number of hydrogen-bond acceptors (Lipinski definition) is 3. The molecule has 7 heteroatoms. The summed E-state index contributed by atoms with van der Waals surface area (Å²) in [6.45, 7) is 0.579. The fraction of sp³-hybridized carbons (Fsp3) is 0.526. The molecular weight excluding hydrogens is 354 g/mol. The van der Waals surface area contributed by atoms with Gasteiger partial charge in [-0.2, -0.15) is 0 Å². The fourth-order valence-electron chi connectivity index (χ4n) is 4.29. The van der Waals surface area contributed by atoms with Gasteiger partial charge in [-0.05, 0) is 43.0 Å². The molecule has 1 saturated heterocycles. The zero-order valence-electron chi connectivity index (χ0n) is 14.5. The Hall–Kier alpha value is -2.08. The summed E-state index contributed by atoms with van der Waals surface area (Å²) in [6.07, 6.45) is 5.70. The molecule has 1 atom stereocenters. The van der Waals surface area contributed by atoms with Gasteiger partial charge in [0, 0.05) is 23.3 Å². The number of rotatable bonds is 3. The van der Waals surface area contributed by atoms with E-state index in [4.69, 9.17) is 11.6 Å².